The second-order valence-corrected chi connectivity index (χ2v) is 3.84. The van der Waals surface area contributed by atoms with E-state index in [0.717, 1.165) is 19.4 Å². The van der Waals surface area contributed by atoms with Gasteiger partial charge in [-0.15, -0.1) is 0 Å². The molecule has 1 atom stereocenters. The largest absolute Gasteiger partial charge is 0.447 e. The Morgan fingerprint density at radius 3 is 2.79 bits per heavy atom. The summed E-state index contributed by atoms with van der Waals surface area (Å²) in [5.41, 5.74) is 0. The quantitative estimate of drug-likeness (QED) is 0.693. The van der Waals surface area contributed by atoms with E-state index in [1.54, 1.807) is 0 Å². The Labute approximate surface area is 86.2 Å². The number of hydrogen-bond acceptors (Lipinski definition) is 3. The van der Waals surface area contributed by atoms with Crippen molar-refractivity contribution < 1.29 is 9.53 Å². The Hall–Kier alpha value is -0.570. The van der Waals surface area contributed by atoms with Gasteiger partial charge in [0.25, 0.3) is 0 Å². The van der Waals surface area contributed by atoms with Crippen molar-refractivity contribution in [3.63, 3.8) is 0 Å². The van der Waals surface area contributed by atoms with E-state index in [9.17, 15) is 4.79 Å². The fraction of sp³-hybridized carbons (Fsp3) is 0.909. The molecule has 82 valence electrons. The highest BCUT2D eigenvalue weighted by Gasteiger charge is 2.12. The highest BCUT2D eigenvalue weighted by atomic mass is 16.6. The number of carbonyl (C=O) groups excluding carboxylic acids is 1. The Bertz CT molecular complexity index is 161. The second-order valence-electron chi connectivity index (χ2n) is 3.84. The second kappa shape index (κ2) is 6.82. The number of nitrogens with one attached hydrogen (secondary N) is 1. The van der Waals surface area contributed by atoms with Crippen molar-refractivity contribution in [2.24, 2.45) is 0 Å². The Kier molecular flexibility index (Phi) is 5.60. The van der Waals surface area contributed by atoms with Crippen molar-refractivity contribution >= 4 is 5.97 Å². The molecule has 0 bridgehead atoms. The fourth-order valence-electron chi connectivity index (χ4n) is 1.69. The van der Waals surface area contributed by atoms with Crippen molar-refractivity contribution in [2.45, 2.75) is 58.1 Å². The van der Waals surface area contributed by atoms with Crippen molar-refractivity contribution in [1.82, 2.24) is 5.32 Å². The summed E-state index contributed by atoms with van der Waals surface area (Å²) in [6, 6.07) is 0. The number of esters is 1. The van der Waals surface area contributed by atoms with Crippen LogP contribution in [0.25, 0.3) is 0 Å². The minimum Gasteiger partial charge on any atom is -0.447 e. The van der Waals surface area contributed by atoms with Crippen LogP contribution in [0.3, 0.4) is 0 Å². The molecule has 3 nitrogen and oxygen atoms in total. The summed E-state index contributed by atoms with van der Waals surface area (Å²) in [7, 11) is 0. The molecule has 0 aliphatic carbocycles. The van der Waals surface area contributed by atoms with E-state index >= 15 is 0 Å². The molecule has 1 aliphatic heterocycles. The molecular formula is C11H21NO2. The summed E-state index contributed by atoms with van der Waals surface area (Å²) in [5.74, 6) is -0.0956. The normalized spacial score (nSPS) is 24.5. The van der Waals surface area contributed by atoms with Crippen LogP contribution in [0, 0.1) is 0 Å². The molecule has 1 rings (SSSR count). The third-order valence-electron chi connectivity index (χ3n) is 2.58. The highest BCUT2D eigenvalue weighted by Crippen LogP contribution is 2.11. The van der Waals surface area contributed by atoms with Crippen LogP contribution in [-0.2, 0) is 9.53 Å². The van der Waals surface area contributed by atoms with Crippen LogP contribution >= 0.6 is 0 Å². The molecule has 14 heavy (non-hydrogen) atoms. The van der Waals surface area contributed by atoms with E-state index in [2.05, 4.69) is 5.32 Å². The number of carbonyl (C=O) groups is 1. The first kappa shape index (κ1) is 11.5. The lowest BCUT2D eigenvalue weighted by atomic mass is 10.1. The molecule has 0 amide bonds. The average Bonchev–Trinajstić information content (AvgIpc) is 2.31. The van der Waals surface area contributed by atoms with Gasteiger partial charge in [0, 0.05) is 6.42 Å². The monoisotopic (exact) mass is 199 g/mol. The first-order chi connectivity index (χ1) is 6.83. The molecule has 3 heteroatoms. The molecule has 1 heterocycles. The third-order valence-corrected chi connectivity index (χ3v) is 2.58. The van der Waals surface area contributed by atoms with Gasteiger partial charge in [-0.1, -0.05) is 26.2 Å². The maximum Gasteiger partial charge on any atom is 0.307 e. The van der Waals surface area contributed by atoms with Gasteiger partial charge in [0.15, 0.2) is 6.23 Å². The van der Waals surface area contributed by atoms with Gasteiger partial charge < -0.3 is 4.74 Å². The summed E-state index contributed by atoms with van der Waals surface area (Å²) in [6.45, 7) is 2.80. The molecule has 0 radical (unpaired) electrons. The Balaban J connectivity index is 2.28. The average molecular weight is 199 g/mol. The molecule has 0 saturated carbocycles. The Morgan fingerprint density at radius 1 is 1.29 bits per heavy atom. The molecule has 1 unspecified atom stereocenters. The van der Waals surface area contributed by atoms with E-state index in [0.29, 0.717) is 6.42 Å². The van der Waals surface area contributed by atoms with Crippen LogP contribution in [0.1, 0.15) is 51.9 Å². The van der Waals surface area contributed by atoms with E-state index < -0.39 is 0 Å². The topological polar surface area (TPSA) is 38.3 Å². The standard InChI is InChI=1S/C11H21NO2/c1-2-11(13)14-10-8-6-4-3-5-7-9-12-10/h10,12H,2-9H2,1H3. The predicted octanol–water partition coefficient (Wildman–Crippen LogP) is 2.21. The number of ether oxygens (including phenoxy) is 1. The minimum atomic E-state index is -0.0956. The van der Waals surface area contributed by atoms with Gasteiger partial charge in [-0.3, -0.25) is 10.1 Å². The van der Waals surface area contributed by atoms with Crippen molar-refractivity contribution in [2.75, 3.05) is 6.54 Å². The fourth-order valence-corrected chi connectivity index (χ4v) is 1.69. The van der Waals surface area contributed by atoms with Gasteiger partial charge in [0.2, 0.25) is 0 Å². The lowest BCUT2D eigenvalue weighted by molar-refractivity contribution is -0.150. The van der Waals surface area contributed by atoms with Crippen LogP contribution in [-0.4, -0.2) is 18.7 Å². The minimum absolute atomic E-state index is 0.0412. The zero-order valence-electron chi connectivity index (χ0n) is 9.05. The summed E-state index contributed by atoms with van der Waals surface area (Å²) in [6.07, 6.45) is 7.62. The van der Waals surface area contributed by atoms with Crippen molar-refractivity contribution in [3.05, 3.63) is 0 Å². The smallest absolute Gasteiger partial charge is 0.307 e. The van der Waals surface area contributed by atoms with E-state index in [1.807, 2.05) is 6.92 Å². The molecule has 0 aromatic carbocycles. The molecule has 0 aromatic rings. The van der Waals surface area contributed by atoms with Crippen molar-refractivity contribution in [3.8, 4) is 0 Å². The van der Waals surface area contributed by atoms with Crippen LogP contribution in [0.4, 0.5) is 0 Å². The first-order valence-corrected chi connectivity index (χ1v) is 5.76. The predicted molar refractivity (Wildman–Crippen MR) is 55.9 cm³/mol. The lowest BCUT2D eigenvalue weighted by Crippen LogP contribution is -2.34. The van der Waals surface area contributed by atoms with Crippen molar-refractivity contribution in [1.29, 1.82) is 0 Å². The molecule has 0 spiro atoms. The summed E-state index contributed by atoms with van der Waals surface area (Å²) in [5, 5.41) is 3.28. The van der Waals surface area contributed by atoms with E-state index in [1.165, 1.54) is 25.7 Å². The molecular weight excluding hydrogens is 178 g/mol. The molecule has 1 aliphatic rings. The molecule has 1 saturated heterocycles. The van der Waals surface area contributed by atoms with Gasteiger partial charge in [-0.2, -0.15) is 0 Å². The van der Waals surface area contributed by atoms with Gasteiger partial charge in [0.05, 0.1) is 0 Å². The maximum atomic E-state index is 11.1. The van der Waals surface area contributed by atoms with Crippen LogP contribution in [0.15, 0.2) is 0 Å². The third kappa shape index (κ3) is 4.61. The van der Waals surface area contributed by atoms with Crippen LogP contribution < -0.4 is 5.32 Å². The summed E-state index contributed by atoms with van der Waals surface area (Å²) < 4.78 is 5.28. The van der Waals surface area contributed by atoms with Crippen LogP contribution in [0.5, 0.6) is 0 Å². The zero-order valence-corrected chi connectivity index (χ0v) is 9.05. The maximum absolute atomic E-state index is 11.1. The first-order valence-electron chi connectivity index (χ1n) is 5.76. The molecule has 1 N–H and O–H groups in total. The molecule has 0 aromatic heterocycles. The van der Waals surface area contributed by atoms with Gasteiger partial charge >= 0.3 is 5.97 Å². The Morgan fingerprint density at radius 2 is 2.00 bits per heavy atom. The summed E-state index contributed by atoms with van der Waals surface area (Å²) in [4.78, 5) is 11.1. The van der Waals surface area contributed by atoms with Gasteiger partial charge in [-0.05, 0) is 25.8 Å². The summed E-state index contributed by atoms with van der Waals surface area (Å²) >= 11 is 0. The van der Waals surface area contributed by atoms with Gasteiger partial charge in [-0.25, -0.2) is 0 Å². The molecule has 1 fully saturated rings. The number of rotatable bonds is 2. The van der Waals surface area contributed by atoms with E-state index in [-0.39, 0.29) is 12.2 Å². The van der Waals surface area contributed by atoms with Crippen LogP contribution in [0.2, 0.25) is 0 Å². The lowest BCUT2D eigenvalue weighted by Gasteiger charge is -2.17. The highest BCUT2D eigenvalue weighted by molar-refractivity contribution is 5.69. The SMILES string of the molecule is CCC(=O)OC1CCCCCCCN1. The van der Waals surface area contributed by atoms with Gasteiger partial charge in [0.1, 0.15) is 0 Å². The number of hydrogen-bond donors (Lipinski definition) is 1. The zero-order chi connectivity index (χ0) is 10.2. The van der Waals surface area contributed by atoms with E-state index in [4.69, 9.17) is 4.74 Å².